The third kappa shape index (κ3) is 3.12. The summed E-state index contributed by atoms with van der Waals surface area (Å²) in [6, 6.07) is 3.72. The zero-order chi connectivity index (χ0) is 13.2. The number of benzene rings is 1. The molecule has 2 N–H and O–H groups in total. The van der Waals surface area contributed by atoms with E-state index in [9.17, 15) is 4.79 Å². The van der Waals surface area contributed by atoms with Gasteiger partial charge in [0.2, 0.25) is 0 Å². The highest BCUT2D eigenvalue weighted by atomic mass is 16.5. The number of carbonyl (C=O) groups is 1. The molecule has 0 spiro atoms. The first-order valence-corrected chi connectivity index (χ1v) is 5.57. The fraction of sp³-hybridized carbons (Fsp3) is 0.462. The first kappa shape index (κ1) is 13.4. The molecule has 1 aromatic rings. The van der Waals surface area contributed by atoms with Crippen LogP contribution in [-0.2, 0) is 4.79 Å². The molecule has 0 aromatic heterocycles. The van der Waals surface area contributed by atoms with Crippen molar-refractivity contribution in [3.05, 3.63) is 23.3 Å². The minimum atomic E-state index is -0.494. The molecular formula is C13H20N2O2. The lowest BCUT2D eigenvalue weighted by molar-refractivity contribution is -0.135. The van der Waals surface area contributed by atoms with Crippen LogP contribution in [0, 0.1) is 13.8 Å². The van der Waals surface area contributed by atoms with Gasteiger partial charge in [0.15, 0.2) is 6.10 Å². The van der Waals surface area contributed by atoms with Gasteiger partial charge in [-0.25, -0.2) is 0 Å². The number of aryl methyl sites for hydroxylation is 2. The quantitative estimate of drug-likeness (QED) is 0.813. The van der Waals surface area contributed by atoms with Gasteiger partial charge in [0.25, 0.3) is 5.91 Å². The molecule has 0 fully saturated rings. The van der Waals surface area contributed by atoms with Gasteiger partial charge in [-0.1, -0.05) is 0 Å². The first-order chi connectivity index (χ1) is 7.82. The number of hydrogen-bond donors (Lipinski definition) is 1. The van der Waals surface area contributed by atoms with Crippen molar-refractivity contribution in [3.63, 3.8) is 0 Å². The summed E-state index contributed by atoms with van der Waals surface area (Å²) >= 11 is 0. The molecule has 1 atom stereocenters. The summed E-state index contributed by atoms with van der Waals surface area (Å²) in [5.41, 5.74) is 8.43. The van der Waals surface area contributed by atoms with Gasteiger partial charge in [-0.3, -0.25) is 4.79 Å². The molecule has 1 aromatic carbocycles. The fourth-order valence-corrected chi connectivity index (χ4v) is 1.54. The average Bonchev–Trinajstić information content (AvgIpc) is 2.24. The highest BCUT2D eigenvalue weighted by Gasteiger charge is 2.17. The number of amides is 1. The molecule has 4 nitrogen and oxygen atoms in total. The maximum atomic E-state index is 11.7. The molecule has 0 radical (unpaired) electrons. The maximum Gasteiger partial charge on any atom is 0.262 e. The Morgan fingerprint density at radius 3 is 2.41 bits per heavy atom. The summed E-state index contributed by atoms with van der Waals surface area (Å²) in [5.74, 6) is 0.651. The third-order valence-corrected chi connectivity index (χ3v) is 2.66. The SMILES string of the molecule is Cc1cc(OC(C)C(=O)N(C)C)c(C)cc1N. The Kier molecular flexibility index (Phi) is 3.99. The molecule has 4 heteroatoms. The average molecular weight is 236 g/mol. The van der Waals surface area contributed by atoms with Crippen molar-refractivity contribution in [2.24, 2.45) is 0 Å². The lowest BCUT2D eigenvalue weighted by Gasteiger charge is -2.20. The van der Waals surface area contributed by atoms with E-state index < -0.39 is 6.10 Å². The lowest BCUT2D eigenvalue weighted by atomic mass is 10.1. The minimum absolute atomic E-state index is 0.0566. The number of anilines is 1. The molecular weight excluding hydrogens is 216 g/mol. The number of likely N-dealkylation sites (N-methyl/N-ethyl adjacent to an activating group) is 1. The molecule has 1 amide bonds. The molecule has 1 rings (SSSR count). The van der Waals surface area contributed by atoms with Crippen LogP contribution in [0.4, 0.5) is 5.69 Å². The molecule has 1 unspecified atom stereocenters. The smallest absolute Gasteiger partial charge is 0.262 e. The van der Waals surface area contributed by atoms with Crippen molar-refractivity contribution < 1.29 is 9.53 Å². The maximum absolute atomic E-state index is 11.7. The summed E-state index contributed by atoms with van der Waals surface area (Å²) < 4.78 is 5.66. The highest BCUT2D eigenvalue weighted by molar-refractivity contribution is 5.80. The Morgan fingerprint density at radius 1 is 1.29 bits per heavy atom. The van der Waals surface area contributed by atoms with E-state index in [-0.39, 0.29) is 5.91 Å². The number of nitrogen functional groups attached to an aromatic ring is 1. The van der Waals surface area contributed by atoms with Gasteiger partial charge in [-0.05, 0) is 44.0 Å². The van der Waals surface area contributed by atoms with E-state index in [2.05, 4.69) is 0 Å². The van der Waals surface area contributed by atoms with E-state index in [0.29, 0.717) is 5.75 Å². The molecule has 17 heavy (non-hydrogen) atoms. The highest BCUT2D eigenvalue weighted by Crippen LogP contribution is 2.25. The molecule has 0 heterocycles. The van der Waals surface area contributed by atoms with Crippen LogP contribution in [0.2, 0.25) is 0 Å². The summed E-state index contributed by atoms with van der Waals surface area (Å²) in [6.45, 7) is 5.57. The zero-order valence-corrected chi connectivity index (χ0v) is 11.1. The van der Waals surface area contributed by atoms with Crippen molar-refractivity contribution >= 4 is 11.6 Å². The number of nitrogens with two attached hydrogens (primary N) is 1. The number of hydrogen-bond acceptors (Lipinski definition) is 3. The lowest BCUT2D eigenvalue weighted by Crippen LogP contribution is -2.35. The molecule has 0 bridgehead atoms. The Hall–Kier alpha value is -1.71. The standard InChI is InChI=1S/C13H20N2O2/c1-8-7-12(9(2)6-11(8)14)17-10(3)13(16)15(4)5/h6-7,10H,14H2,1-5H3. The van der Waals surface area contributed by atoms with Crippen molar-refractivity contribution in [2.75, 3.05) is 19.8 Å². The van der Waals surface area contributed by atoms with E-state index >= 15 is 0 Å². The summed E-state index contributed by atoms with van der Waals surface area (Å²) in [5, 5.41) is 0. The van der Waals surface area contributed by atoms with Crippen LogP contribution in [0.15, 0.2) is 12.1 Å². The predicted molar refractivity (Wildman–Crippen MR) is 69.1 cm³/mol. The second-order valence-corrected chi connectivity index (χ2v) is 4.47. The Bertz CT molecular complexity index is 428. The number of nitrogens with zero attached hydrogens (tertiary/aromatic N) is 1. The van der Waals surface area contributed by atoms with Crippen LogP contribution < -0.4 is 10.5 Å². The fourth-order valence-electron chi connectivity index (χ4n) is 1.54. The molecule has 94 valence electrons. The van der Waals surface area contributed by atoms with Crippen molar-refractivity contribution in [1.29, 1.82) is 0 Å². The van der Waals surface area contributed by atoms with E-state index in [1.807, 2.05) is 26.0 Å². The van der Waals surface area contributed by atoms with Crippen LogP contribution in [0.25, 0.3) is 0 Å². The number of carbonyl (C=O) groups excluding carboxylic acids is 1. The molecule has 0 aliphatic heterocycles. The predicted octanol–water partition coefficient (Wildman–Crippen LogP) is 1.74. The molecule has 0 aliphatic rings. The van der Waals surface area contributed by atoms with Crippen LogP contribution in [0.5, 0.6) is 5.75 Å². The van der Waals surface area contributed by atoms with Gasteiger partial charge < -0.3 is 15.4 Å². The van der Waals surface area contributed by atoms with Crippen LogP contribution >= 0.6 is 0 Å². The summed E-state index contributed by atoms with van der Waals surface area (Å²) in [7, 11) is 3.42. The number of rotatable bonds is 3. The topological polar surface area (TPSA) is 55.6 Å². The Labute approximate surface area is 102 Å². The van der Waals surface area contributed by atoms with Gasteiger partial charge in [-0.15, -0.1) is 0 Å². The van der Waals surface area contributed by atoms with E-state index in [1.54, 1.807) is 21.0 Å². The second-order valence-electron chi connectivity index (χ2n) is 4.47. The minimum Gasteiger partial charge on any atom is -0.481 e. The largest absolute Gasteiger partial charge is 0.481 e. The Morgan fingerprint density at radius 2 is 1.88 bits per heavy atom. The van der Waals surface area contributed by atoms with Crippen molar-refractivity contribution in [1.82, 2.24) is 4.90 Å². The normalized spacial score (nSPS) is 12.1. The third-order valence-electron chi connectivity index (χ3n) is 2.66. The van der Waals surface area contributed by atoms with E-state index in [1.165, 1.54) is 4.90 Å². The first-order valence-electron chi connectivity index (χ1n) is 5.57. The zero-order valence-electron chi connectivity index (χ0n) is 11.1. The van der Waals surface area contributed by atoms with Gasteiger partial charge in [0.1, 0.15) is 5.75 Å². The van der Waals surface area contributed by atoms with Gasteiger partial charge in [0, 0.05) is 19.8 Å². The molecule has 0 saturated carbocycles. The van der Waals surface area contributed by atoms with Crippen LogP contribution in [0.3, 0.4) is 0 Å². The Balaban J connectivity index is 2.89. The van der Waals surface area contributed by atoms with E-state index in [4.69, 9.17) is 10.5 Å². The van der Waals surface area contributed by atoms with Gasteiger partial charge in [0.05, 0.1) is 0 Å². The summed E-state index contributed by atoms with van der Waals surface area (Å²) in [4.78, 5) is 13.2. The van der Waals surface area contributed by atoms with Crippen LogP contribution in [0.1, 0.15) is 18.1 Å². The molecule has 0 saturated heterocycles. The summed E-state index contributed by atoms with van der Waals surface area (Å²) in [6.07, 6.45) is -0.494. The van der Waals surface area contributed by atoms with Crippen LogP contribution in [-0.4, -0.2) is 31.0 Å². The van der Waals surface area contributed by atoms with Crippen molar-refractivity contribution in [3.8, 4) is 5.75 Å². The second kappa shape index (κ2) is 5.08. The molecule has 0 aliphatic carbocycles. The van der Waals surface area contributed by atoms with Crippen molar-refractivity contribution in [2.45, 2.75) is 26.9 Å². The van der Waals surface area contributed by atoms with E-state index in [0.717, 1.165) is 16.8 Å². The van der Waals surface area contributed by atoms with Gasteiger partial charge >= 0.3 is 0 Å². The monoisotopic (exact) mass is 236 g/mol. The van der Waals surface area contributed by atoms with Gasteiger partial charge in [-0.2, -0.15) is 0 Å². The number of ether oxygens (including phenoxy) is 1.